The Labute approximate surface area is 113 Å². The Kier molecular flexibility index (Phi) is 3.66. The van der Waals surface area contributed by atoms with Crippen LogP contribution in [0.5, 0.6) is 17.2 Å². The molecule has 0 bridgehead atoms. The van der Waals surface area contributed by atoms with Crippen LogP contribution in [0.1, 0.15) is 5.56 Å². The first-order valence-corrected chi connectivity index (χ1v) is 5.78. The molecule has 2 aromatic carbocycles. The Morgan fingerprint density at radius 1 is 1.05 bits per heavy atom. The molecule has 4 N–H and O–H groups in total. The average Bonchev–Trinajstić information content (AvgIpc) is 2.37. The normalized spacial score (nSPS) is 10.4. The van der Waals surface area contributed by atoms with E-state index in [1.54, 1.807) is 0 Å². The molecule has 0 saturated heterocycles. The van der Waals surface area contributed by atoms with Gasteiger partial charge in [0, 0.05) is 12.1 Å². The Balaban J connectivity index is 2.17. The molecule has 0 radical (unpaired) electrons. The lowest BCUT2D eigenvalue weighted by atomic mass is 10.1. The summed E-state index contributed by atoms with van der Waals surface area (Å²) in [6, 6.07) is 6.60. The molecule has 0 aliphatic carbocycles. The van der Waals surface area contributed by atoms with Gasteiger partial charge in [0.15, 0.2) is 11.5 Å². The largest absolute Gasteiger partial charge is 0.504 e. The molecule has 0 aromatic heterocycles. The second-order valence-corrected chi connectivity index (χ2v) is 4.33. The number of nitrogens with one attached hydrogen (secondary N) is 1. The minimum Gasteiger partial charge on any atom is -0.504 e. The summed E-state index contributed by atoms with van der Waals surface area (Å²) >= 11 is 5.84. The van der Waals surface area contributed by atoms with Crippen molar-refractivity contribution in [2.45, 2.75) is 6.54 Å². The molecule has 0 amide bonds. The molecule has 0 atom stereocenters. The summed E-state index contributed by atoms with van der Waals surface area (Å²) in [7, 11) is 0. The van der Waals surface area contributed by atoms with E-state index < -0.39 is 23.1 Å². The van der Waals surface area contributed by atoms with Crippen LogP contribution in [0.4, 0.5) is 10.1 Å². The average molecular weight is 284 g/mol. The molecule has 2 rings (SSSR count). The van der Waals surface area contributed by atoms with Gasteiger partial charge in [-0.2, -0.15) is 0 Å². The van der Waals surface area contributed by atoms with Crippen LogP contribution in [0.15, 0.2) is 30.3 Å². The molecular formula is C13H11ClFNO3. The monoisotopic (exact) mass is 283 g/mol. The standard InChI is InChI=1S/C13H11ClFNO3/c14-9-5-8(15)2-3-10(9)16-6-7-1-4-11(17)13(19)12(7)18/h1-5,16-19H,6H2. The fourth-order valence-corrected chi connectivity index (χ4v) is 1.81. The van der Waals surface area contributed by atoms with Crippen LogP contribution in [0.2, 0.25) is 5.02 Å². The number of phenolic OH excluding ortho intramolecular Hbond substituents is 3. The van der Waals surface area contributed by atoms with Crippen molar-refractivity contribution in [1.82, 2.24) is 0 Å². The summed E-state index contributed by atoms with van der Waals surface area (Å²) in [5.41, 5.74) is 0.866. The SMILES string of the molecule is Oc1ccc(CNc2ccc(F)cc2Cl)c(O)c1O. The molecule has 2 aromatic rings. The Bertz CT molecular complexity index is 619. The highest BCUT2D eigenvalue weighted by Gasteiger charge is 2.11. The van der Waals surface area contributed by atoms with Gasteiger partial charge in [0.2, 0.25) is 5.75 Å². The zero-order valence-electron chi connectivity index (χ0n) is 9.69. The fourth-order valence-electron chi connectivity index (χ4n) is 1.58. The van der Waals surface area contributed by atoms with Crippen LogP contribution < -0.4 is 5.32 Å². The van der Waals surface area contributed by atoms with Crippen molar-refractivity contribution in [1.29, 1.82) is 0 Å². The van der Waals surface area contributed by atoms with Crippen LogP contribution >= 0.6 is 11.6 Å². The van der Waals surface area contributed by atoms with Crippen LogP contribution in [-0.4, -0.2) is 15.3 Å². The van der Waals surface area contributed by atoms with E-state index in [0.717, 1.165) is 6.07 Å². The van der Waals surface area contributed by atoms with Gasteiger partial charge in [0.05, 0.1) is 10.7 Å². The first-order valence-electron chi connectivity index (χ1n) is 5.40. The van der Waals surface area contributed by atoms with Gasteiger partial charge < -0.3 is 20.6 Å². The van der Waals surface area contributed by atoms with Gasteiger partial charge in [-0.3, -0.25) is 0 Å². The summed E-state index contributed by atoms with van der Waals surface area (Å²) in [6.45, 7) is 0.158. The lowest BCUT2D eigenvalue weighted by molar-refractivity contribution is 0.365. The molecular weight excluding hydrogens is 273 g/mol. The topological polar surface area (TPSA) is 72.7 Å². The smallest absolute Gasteiger partial charge is 0.200 e. The molecule has 0 spiro atoms. The molecule has 19 heavy (non-hydrogen) atoms. The summed E-state index contributed by atoms with van der Waals surface area (Å²) in [5, 5.41) is 31.3. The zero-order chi connectivity index (χ0) is 14.0. The van der Waals surface area contributed by atoms with E-state index in [-0.39, 0.29) is 11.6 Å². The molecule has 0 fully saturated rings. The Morgan fingerprint density at radius 3 is 2.47 bits per heavy atom. The molecule has 0 unspecified atom stereocenters. The van der Waals surface area contributed by atoms with E-state index in [0.29, 0.717) is 11.3 Å². The Hall–Kier alpha value is -2.14. The van der Waals surface area contributed by atoms with Crippen LogP contribution in [0.3, 0.4) is 0 Å². The molecule has 6 heteroatoms. The maximum Gasteiger partial charge on any atom is 0.200 e. The minimum atomic E-state index is -0.579. The van der Waals surface area contributed by atoms with Gasteiger partial charge in [-0.1, -0.05) is 11.6 Å². The van der Waals surface area contributed by atoms with Crippen LogP contribution in [0, 0.1) is 5.82 Å². The van der Waals surface area contributed by atoms with Crippen molar-refractivity contribution in [2.24, 2.45) is 0 Å². The number of benzene rings is 2. The third kappa shape index (κ3) is 2.82. The van der Waals surface area contributed by atoms with Gasteiger partial charge >= 0.3 is 0 Å². The number of hydrogen-bond donors (Lipinski definition) is 4. The van der Waals surface area contributed by atoms with Crippen molar-refractivity contribution in [3.63, 3.8) is 0 Å². The predicted octanol–water partition coefficient (Wildman–Crippen LogP) is 3.21. The van der Waals surface area contributed by atoms with E-state index in [9.17, 15) is 19.7 Å². The maximum absolute atomic E-state index is 12.9. The number of phenols is 3. The van der Waals surface area contributed by atoms with E-state index >= 15 is 0 Å². The van der Waals surface area contributed by atoms with E-state index in [2.05, 4.69) is 5.32 Å². The van der Waals surface area contributed by atoms with E-state index in [1.807, 2.05) is 0 Å². The summed E-state index contributed by atoms with van der Waals surface area (Å²) < 4.78 is 12.9. The highest BCUT2D eigenvalue weighted by Crippen LogP contribution is 2.37. The number of anilines is 1. The van der Waals surface area contributed by atoms with E-state index in [4.69, 9.17) is 11.6 Å². The highest BCUT2D eigenvalue weighted by atomic mass is 35.5. The Morgan fingerprint density at radius 2 is 1.79 bits per heavy atom. The van der Waals surface area contributed by atoms with Gasteiger partial charge in [-0.05, 0) is 30.3 Å². The minimum absolute atomic E-state index is 0.158. The molecule has 0 aliphatic rings. The van der Waals surface area contributed by atoms with Crippen LogP contribution in [0.25, 0.3) is 0 Å². The number of hydrogen-bond acceptors (Lipinski definition) is 4. The van der Waals surface area contributed by atoms with Crippen LogP contribution in [-0.2, 0) is 6.54 Å². The molecule has 0 saturated carbocycles. The number of halogens is 2. The van der Waals surface area contributed by atoms with Crippen molar-refractivity contribution < 1.29 is 19.7 Å². The second-order valence-electron chi connectivity index (χ2n) is 3.92. The van der Waals surface area contributed by atoms with Gasteiger partial charge in [0.25, 0.3) is 0 Å². The molecule has 0 heterocycles. The molecule has 4 nitrogen and oxygen atoms in total. The fraction of sp³-hybridized carbons (Fsp3) is 0.0769. The number of rotatable bonds is 3. The summed E-state index contributed by atoms with van der Waals surface area (Å²) in [6.07, 6.45) is 0. The van der Waals surface area contributed by atoms with E-state index in [1.165, 1.54) is 24.3 Å². The number of aromatic hydroxyl groups is 3. The predicted molar refractivity (Wildman–Crippen MR) is 70.2 cm³/mol. The first kappa shape index (κ1) is 13.3. The molecule has 100 valence electrons. The maximum atomic E-state index is 12.9. The zero-order valence-corrected chi connectivity index (χ0v) is 10.4. The first-order chi connectivity index (χ1) is 8.99. The van der Waals surface area contributed by atoms with Gasteiger partial charge in [-0.25, -0.2) is 4.39 Å². The lowest BCUT2D eigenvalue weighted by Gasteiger charge is -2.11. The van der Waals surface area contributed by atoms with Crippen molar-refractivity contribution in [3.8, 4) is 17.2 Å². The third-order valence-electron chi connectivity index (χ3n) is 2.61. The third-order valence-corrected chi connectivity index (χ3v) is 2.93. The van der Waals surface area contributed by atoms with Crippen molar-refractivity contribution in [3.05, 3.63) is 46.7 Å². The van der Waals surface area contributed by atoms with Gasteiger partial charge in [-0.15, -0.1) is 0 Å². The lowest BCUT2D eigenvalue weighted by Crippen LogP contribution is -2.00. The summed E-state index contributed by atoms with van der Waals surface area (Å²) in [5.74, 6) is -1.84. The van der Waals surface area contributed by atoms with Gasteiger partial charge in [0.1, 0.15) is 5.82 Å². The highest BCUT2D eigenvalue weighted by molar-refractivity contribution is 6.33. The second kappa shape index (κ2) is 5.24. The van der Waals surface area contributed by atoms with Crippen molar-refractivity contribution >= 4 is 17.3 Å². The molecule has 0 aliphatic heterocycles. The summed E-state index contributed by atoms with van der Waals surface area (Å²) in [4.78, 5) is 0. The quantitative estimate of drug-likeness (QED) is 0.653. The van der Waals surface area contributed by atoms with Crippen molar-refractivity contribution in [2.75, 3.05) is 5.32 Å².